The summed E-state index contributed by atoms with van der Waals surface area (Å²) >= 11 is 0. The summed E-state index contributed by atoms with van der Waals surface area (Å²) in [5.41, 5.74) is 1.76. The number of amides is 1. The third-order valence-corrected chi connectivity index (χ3v) is 4.13. The van der Waals surface area contributed by atoms with Crippen LogP contribution < -0.4 is 20.3 Å². The molecule has 1 aliphatic rings. The molecule has 1 aromatic carbocycles. The highest BCUT2D eigenvalue weighted by molar-refractivity contribution is 5.97. The number of ether oxygens (including phenoxy) is 1. The van der Waals surface area contributed by atoms with E-state index in [9.17, 15) is 4.79 Å². The second-order valence-corrected chi connectivity index (χ2v) is 6.10. The van der Waals surface area contributed by atoms with E-state index in [1.54, 1.807) is 11.1 Å². The average Bonchev–Trinajstić information content (AvgIpc) is 2.71. The number of guanidine groups is 1. The summed E-state index contributed by atoms with van der Waals surface area (Å²) < 4.78 is 5.47. The molecule has 1 aromatic heterocycles. The fourth-order valence-corrected chi connectivity index (χ4v) is 2.84. The van der Waals surface area contributed by atoms with E-state index in [2.05, 4.69) is 20.6 Å². The van der Waals surface area contributed by atoms with Crippen molar-refractivity contribution < 1.29 is 9.53 Å². The van der Waals surface area contributed by atoms with Crippen LogP contribution >= 0.6 is 0 Å². The van der Waals surface area contributed by atoms with Crippen molar-refractivity contribution in [2.45, 2.75) is 19.9 Å². The molecule has 0 bridgehead atoms. The van der Waals surface area contributed by atoms with Crippen LogP contribution in [0.5, 0.6) is 5.75 Å². The lowest BCUT2D eigenvalue weighted by molar-refractivity contribution is -0.121. The normalized spacial score (nSPS) is 13.7. The number of carbonyl (C=O) groups excluding carboxylic acids is 1. The fraction of sp³-hybridized carbons (Fsp3) is 0.350. The molecule has 1 aliphatic heterocycles. The van der Waals surface area contributed by atoms with Crippen LogP contribution in [0.4, 0.5) is 5.69 Å². The molecule has 0 fully saturated rings. The van der Waals surface area contributed by atoms with Crippen molar-refractivity contribution >= 4 is 17.6 Å². The molecule has 1 amide bonds. The number of anilines is 1. The Labute approximate surface area is 159 Å². The van der Waals surface area contributed by atoms with Crippen molar-refractivity contribution in [3.8, 4) is 5.75 Å². The number of carbonyl (C=O) groups is 1. The van der Waals surface area contributed by atoms with Gasteiger partial charge in [0.1, 0.15) is 5.75 Å². The van der Waals surface area contributed by atoms with Crippen molar-refractivity contribution in [1.82, 2.24) is 15.6 Å². The summed E-state index contributed by atoms with van der Waals surface area (Å²) in [5.74, 6) is 1.50. The zero-order valence-electron chi connectivity index (χ0n) is 15.5. The molecule has 2 N–H and O–H groups in total. The Morgan fingerprint density at radius 3 is 2.89 bits per heavy atom. The Morgan fingerprint density at radius 2 is 2.07 bits per heavy atom. The van der Waals surface area contributed by atoms with Gasteiger partial charge >= 0.3 is 0 Å². The molecular weight excluding hydrogens is 342 g/mol. The summed E-state index contributed by atoms with van der Waals surface area (Å²) in [4.78, 5) is 22.8. The van der Waals surface area contributed by atoms with Crippen LogP contribution in [0.15, 0.2) is 53.7 Å². The number of para-hydroxylation sites is 2. The van der Waals surface area contributed by atoms with Crippen LogP contribution in [0, 0.1) is 0 Å². The van der Waals surface area contributed by atoms with E-state index in [0.717, 1.165) is 36.1 Å². The summed E-state index contributed by atoms with van der Waals surface area (Å²) in [6.45, 7) is 4.77. The summed E-state index contributed by atoms with van der Waals surface area (Å²) in [6, 6.07) is 13.4. The Morgan fingerprint density at radius 1 is 1.22 bits per heavy atom. The van der Waals surface area contributed by atoms with Gasteiger partial charge in [-0.1, -0.05) is 18.2 Å². The lowest BCUT2D eigenvalue weighted by Gasteiger charge is -2.29. The minimum absolute atomic E-state index is 0.00979. The molecule has 3 rings (SSSR count). The molecule has 27 heavy (non-hydrogen) atoms. The number of benzene rings is 1. The monoisotopic (exact) mass is 367 g/mol. The quantitative estimate of drug-likeness (QED) is 0.444. The van der Waals surface area contributed by atoms with E-state index in [1.807, 2.05) is 49.4 Å². The van der Waals surface area contributed by atoms with Crippen molar-refractivity contribution in [3.63, 3.8) is 0 Å². The maximum atomic E-state index is 12.2. The summed E-state index contributed by atoms with van der Waals surface area (Å²) in [6.07, 6.45) is 2.57. The Kier molecular flexibility index (Phi) is 6.62. The zero-order valence-corrected chi connectivity index (χ0v) is 15.5. The van der Waals surface area contributed by atoms with Crippen molar-refractivity contribution in [3.05, 3.63) is 54.4 Å². The van der Waals surface area contributed by atoms with Gasteiger partial charge in [-0.25, -0.2) is 4.99 Å². The smallest absolute Gasteiger partial charge is 0.265 e. The van der Waals surface area contributed by atoms with E-state index >= 15 is 0 Å². The number of hydrogen-bond acceptors (Lipinski definition) is 4. The lowest BCUT2D eigenvalue weighted by atomic mass is 10.2. The molecule has 0 aliphatic carbocycles. The number of aliphatic imine (C=N–C) groups is 1. The Bertz CT molecular complexity index is 779. The summed E-state index contributed by atoms with van der Waals surface area (Å²) in [7, 11) is 0. The molecule has 0 saturated carbocycles. The first-order chi connectivity index (χ1) is 13.3. The van der Waals surface area contributed by atoms with Gasteiger partial charge in [-0.2, -0.15) is 0 Å². The third kappa shape index (κ3) is 5.20. The standard InChI is InChI=1S/C20H25N5O2/c1-2-21-20(24-14-16-8-5-6-11-22-16)23-12-7-13-25-17-9-3-4-10-18(17)27-15-19(25)26/h3-6,8-11H,2,7,12-15H2,1H3,(H2,21,23,24). The molecular formula is C20H25N5O2. The van der Waals surface area contributed by atoms with Gasteiger partial charge in [-0.05, 0) is 37.6 Å². The van der Waals surface area contributed by atoms with Crippen LogP contribution in [0.2, 0.25) is 0 Å². The molecule has 0 unspecified atom stereocenters. The number of nitrogens with zero attached hydrogens (tertiary/aromatic N) is 3. The number of nitrogens with one attached hydrogen (secondary N) is 2. The SMILES string of the molecule is CCNC(=NCc1ccccn1)NCCCN1C(=O)COc2ccccc21. The van der Waals surface area contributed by atoms with Crippen LogP contribution in [0.3, 0.4) is 0 Å². The van der Waals surface area contributed by atoms with Crippen LogP contribution in [0.25, 0.3) is 0 Å². The van der Waals surface area contributed by atoms with Gasteiger partial charge in [0.05, 0.1) is 17.9 Å². The molecule has 2 heterocycles. The van der Waals surface area contributed by atoms with Crippen molar-refractivity contribution in [2.24, 2.45) is 4.99 Å². The highest BCUT2D eigenvalue weighted by Crippen LogP contribution is 2.31. The van der Waals surface area contributed by atoms with Crippen molar-refractivity contribution in [2.75, 3.05) is 31.1 Å². The maximum absolute atomic E-state index is 12.2. The number of hydrogen-bond donors (Lipinski definition) is 2. The number of rotatable bonds is 7. The van der Waals surface area contributed by atoms with Gasteiger partial charge in [0.15, 0.2) is 12.6 Å². The second kappa shape index (κ2) is 9.56. The van der Waals surface area contributed by atoms with Crippen molar-refractivity contribution in [1.29, 1.82) is 0 Å². The highest BCUT2D eigenvalue weighted by Gasteiger charge is 2.24. The molecule has 0 atom stereocenters. The van der Waals surface area contributed by atoms with Crippen LogP contribution in [-0.4, -0.2) is 43.1 Å². The van der Waals surface area contributed by atoms with E-state index in [0.29, 0.717) is 19.6 Å². The largest absolute Gasteiger partial charge is 0.482 e. The Hall–Kier alpha value is -3.09. The molecule has 0 saturated heterocycles. The van der Waals surface area contributed by atoms with E-state index in [1.165, 1.54) is 0 Å². The average molecular weight is 367 g/mol. The molecule has 0 radical (unpaired) electrons. The predicted octanol–water partition coefficient (Wildman–Crippen LogP) is 1.95. The molecule has 7 heteroatoms. The minimum atomic E-state index is -0.00979. The number of fused-ring (bicyclic) bond motifs is 1. The van der Waals surface area contributed by atoms with E-state index in [4.69, 9.17) is 4.74 Å². The fourth-order valence-electron chi connectivity index (χ4n) is 2.84. The first-order valence-electron chi connectivity index (χ1n) is 9.22. The van der Waals surface area contributed by atoms with Crippen LogP contribution in [-0.2, 0) is 11.3 Å². The zero-order chi connectivity index (χ0) is 18.9. The first-order valence-corrected chi connectivity index (χ1v) is 9.22. The van der Waals surface area contributed by atoms with Gasteiger partial charge < -0.3 is 20.3 Å². The minimum Gasteiger partial charge on any atom is -0.482 e. The molecule has 2 aromatic rings. The Balaban J connectivity index is 1.51. The molecule has 0 spiro atoms. The second-order valence-electron chi connectivity index (χ2n) is 6.10. The third-order valence-electron chi connectivity index (χ3n) is 4.13. The van der Waals surface area contributed by atoms with E-state index < -0.39 is 0 Å². The maximum Gasteiger partial charge on any atom is 0.265 e. The first kappa shape index (κ1) is 18.7. The van der Waals surface area contributed by atoms with Crippen LogP contribution in [0.1, 0.15) is 19.0 Å². The predicted molar refractivity (Wildman–Crippen MR) is 106 cm³/mol. The molecule has 142 valence electrons. The van der Waals surface area contributed by atoms with Gasteiger partial charge in [-0.15, -0.1) is 0 Å². The van der Waals surface area contributed by atoms with Gasteiger partial charge in [-0.3, -0.25) is 9.78 Å². The topological polar surface area (TPSA) is 78.9 Å². The van der Waals surface area contributed by atoms with Gasteiger partial charge in [0.2, 0.25) is 0 Å². The van der Waals surface area contributed by atoms with E-state index in [-0.39, 0.29) is 12.5 Å². The highest BCUT2D eigenvalue weighted by atomic mass is 16.5. The lowest BCUT2D eigenvalue weighted by Crippen LogP contribution is -2.42. The number of aromatic nitrogens is 1. The number of pyridine rings is 1. The molecule has 7 nitrogen and oxygen atoms in total. The van der Waals surface area contributed by atoms with Gasteiger partial charge in [0, 0.05) is 25.8 Å². The van der Waals surface area contributed by atoms with Gasteiger partial charge in [0.25, 0.3) is 5.91 Å². The summed E-state index contributed by atoms with van der Waals surface area (Å²) in [5, 5.41) is 6.54.